The maximum Gasteiger partial charge on any atom is 0.224 e. The lowest BCUT2D eigenvalue weighted by Gasteiger charge is -2.09. The van der Waals surface area contributed by atoms with Crippen molar-refractivity contribution in [1.82, 2.24) is 15.0 Å². The number of para-hydroxylation sites is 1. The molecule has 1 aromatic carbocycles. The number of nitrogens with two attached hydrogens (primary N) is 1. The van der Waals surface area contributed by atoms with Gasteiger partial charge in [-0.3, -0.25) is 0 Å². The summed E-state index contributed by atoms with van der Waals surface area (Å²) in [4.78, 5) is 12.8. The van der Waals surface area contributed by atoms with E-state index in [9.17, 15) is 0 Å². The highest BCUT2D eigenvalue weighted by Gasteiger charge is 2.07. The SMILES string of the molecule is Cc1ccc2cccc(Oc3cc(N)nc(C)n3)c2n1. The molecule has 0 atom stereocenters. The van der Waals surface area contributed by atoms with E-state index in [0.29, 0.717) is 23.3 Å². The Morgan fingerprint density at radius 1 is 1.00 bits per heavy atom. The number of aryl methyl sites for hydroxylation is 2. The van der Waals surface area contributed by atoms with E-state index in [1.54, 1.807) is 13.0 Å². The predicted octanol–water partition coefficient (Wildman–Crippen LogP) is 3.02. The smallest absolute Gasteiger partial charge is 0.224 e. The number of rotatable bonds is 2. The zero-order chi connectivity index (χ0) is 14.1. The van der Waals surface area contributed by atoms with Crippen LogP contribution >= 0.6 is 0 Å². The third-order valence-corrected chi connectivity index (χ3v) is 2.87. The second-order valence-corrected chi connectivity index (χ2v) is 4.56. The molecular formula is C15H14N4O. The molecule has 0 bridgehead atoms. The first-order chi connectivity index (χ1) is 9.61. The van der Waals surface area contributed by atoms with E-state index in [0.717, 1.165) is 16.6 Å². The van der Waals surface area contributed by atoms with Gasteiger partial charge in [0.15, 0.2) is 5.75 Å². The molecule has 0 saturated heterocycles. The van der Waals surface area contributed by atoms with Gasteiger partial charge in [-0.2, -0.15) is 4.98 Å². The van der Waals surface area contributed by atoms with Crippen LogP contribution in [0.1, 0.15) is 11.5 Å². The van der Waals surface area contributed by atoms with Crippen LogP contribution in [0.5, 0.6) is 11.6 Å². The fourth-order valence-corrected chi connectivity index (χ4v) is 2.03. The fourth-order valence-electron chi connectivity index (χ4n) is 2.03. The molecular weight excluding hydrogens is 252 g/mol. The number of ether oxygens (including phenoxy) is 1. The maximum atomic E-state index is 5.81. The highest BCUT2D eigenvalue weighted by Crippen LogP contribution is 2.28. The van der Waals surface area contributed by atoms with Gasteiger partial charge < -0.3 is 10.5 Å². The van der Waals surface area contributed by atoms with Gasteiger partial charge in [0.1, 0.15) is 17.2 Å². The van der Waals surface area contributed by atoms with Crippen molar-refractivity contribution in [1.29, 1.82) is 0 Å². The Bertz CT molecular complexity index is 766. The topological polar surface area (TPSA) is 73.9 Å². The van der Waals surface area contributed by atoms with Gasteiger partial charge in [-0.1, -0.05) is 18.2 Å². The largest absolute Gasteiger partial charge is 0.437 e. The number of nitrogens with zero attached hydrogens (tertiary/aromatic N) is 3. The van der Waals surface area contributed by atoms with Crippen molar-refractivity contribution in [2.45, 2.75) is 13.8 Å². The molecule has 100 valence electrons. The zero-order valence-corrected chi connectivity index (χ0v) is 11.3. The Labute approximate surface area is 116 Å². The van der Waals surface area contributed by atoms with Crippen LogP contribution in [0, 0.1) is 13.8 Å². The van der Waals surface area contributed by atoms with Crippen molar-refractivity contribution >= 4 is 16.7 Å². The van der Waals surface area contributed by atoms with Crippen molar-refractivity contribution in [3.05, 3.63) is 47.9 Å². The van der Waals surface area contributed by atoms with Gasteiger partial charge in [0.2, 0.25) is 5.88 Å². The lowest BCUT2D eigenvalue weighted by atomic mass is 10.2. The Hall–Kier alpha value is -2.69. The van der Waals surface area contributed by atoms with Gasteiger partial charge in [0.05, 0.1) is 0 Å². The van der Waals surface area contributed by atoms with Crippen LogP contribution in [0.4, 0.5) is 5.82 Å². The number of fused-ring (bicyclic) bond motifs is 1. The second-order valence-electron chi connectivity index (χ2n) is 4.56. The monoisotopic (exact) mass is 266 g/mol. The molecule has 0 radical (unpaired) electrons. The molecule has 2 N–H and O–H groups in total. The van der Waals surface area contributed by atoms with Gasteiger partial charge in [-0.25, -0.2) is 9.97 Å². The molecule has 0 aliphatic rings. The maximum absolute atomic E-state index is 5.81. The van der Waals surface area contributed by atoms with Crippen LogP contribution in [0.15, 0.2) is 36.4 Å². The average molecular weight is 266 g/mol. The van der Waals surface area contributed by atoms with E-state index < -0.39 is 0 Å². The summed E-state index contributed by atoms with van der Waals surface area (Å²) in [6, 6.07) is 11.4. The van der Waals surface area contributed by atoms with Gasteiger partial charge >= 0.3 is 0 Å². The average Bonchev–Trinajstić information content (AvgIpc) is 2.38. The van der Waals surface area contributed by atoms with Crippen LogP contribution in [-0.2, 0) is 0 Å². The molecule has 0 unspecified atom stereocenters. The Morgan fingerprint density at radius 3 is 2.65 bits per heavy atom. The quantitative estimate of drug-likeness (QED) is 0.771. The van der Waals surface area contributed by atoms with Crippen LogP contribution in [0.25, 0.3) is 10.9 Å². The summed E-state index contributed by atoms with van der Waals surface area (Å²) >= 11 is 0. The van der Waals surface area contributed by atoms with Crippen LogP contribution in [0.3, 0.4) is 0 Å². The van der Waals surface area contributed by atoms with Gasteiger partial charge in [-0.15, -0.1) is 0 Å². The van der Waals surface area contributed by atoms with Crippen molar-refractivity contribution in [3.8, 4) is 11.6 Å². The number of pyridine rings is 1. The summed E-state index contributed by atoms with van der Waals surface area (Å²) in [6.07, 6.45) is 0. The molecule has 0 spiro atoms. The van der Waals surface area contributed by atoms with Crippen molar-refractivity contribution < 1.29 is 4.74 Å². The summed E-state index contributed by atoms with van der Waals surface area (Å²) in [7, 11) is 0. The van der Waals surface area contributed by atoms with E-state index in [4.69, 9.17) is 10.5 Å². The minimum atomic E-state index is 0.386. The molecule has 3 aromatic rings. The molecule has 5 nitrogen and oxygen atoms in total. The van der Waals surface area contributed by atoms with Crippen molar-refractivity contribution in [2.24, 2.45) is 0 Å². The van der Waals surface area contributed by atoms with Gasteiger partial charge in [0, 0.05) is 17.1 Å². The van der Waals surface area contributed by atoms with Crippen molar-refractivity contribution in [3.63, 3.8) is 0 Å². The van der Waals surface area contributed by atoms with Gasteiger partial charge in [-0.05, 0) is 26.0 Å². The normalized spacial score (nSPS) is 10.7. The van der Waals surface area contributed by atoms with Crippen LogP contribution < -0.4 is 10.5 Å². The number of benzene rings is 1. The third-order valence-electron chi connectivity index (χ3n) is 2.87. The lowest BCUT2D eigenvalue weighted by Crippen LogP contribution is -1.98. The molecule has 0 saturated carbocycles. The summed E-state index contributed by atoms with van der Waals surface area (Å²) in [6.45, 7) is 3.72. The van der Waals surface area contributed by atoms with E-state index in [1.165, 1.54) is 0 Å². The summed E-state index contributed by atoms with van der Waals surface area (Å²) in [5.74, 6) is 2.04. The highest BCUT2D eigenvalue weighted by molar-refractivity contribution is 5.84. The Morgan fingerprint density at radius 2 is 1.85 bits per heavy atom. The van der Waals surface area contributed by atoms with E-state index in [-0.39, 0.29) is 0 Å². The standard InChI is InChI=1S/C15H14N4O/c1-9-6-7-11-4-3-5-12(15(11)17-9)20-14-8-13(16)18-10(2)19-14/h3-8H,1-2H3,(H2,16,18,19). The molecule has 20 heavy (non-hydrogen) atoms. The van der Waals surface area contributed by atoms with E-state index in [2.05, 4.69) is 15.0 Å². The first-order valence-electron chi connectivity index (χ1n) is 6.27. The third kappa shape index (κ3) is 2.38. The fraction of sp³-hybridized carbons (Fsp3) is 0.133. The molecule has 5 heteroatoms. The number of hydrogen-bond donors (Lipinski definition) is 1. The molecule has 2 aromatic heterocycles. The van der Waals surface area contributed by atoms with E-state index >= 15 is 0 Å². The number of anilines is 1. The molecule has 0 aliphatic heterocycles. The minimum Gasteiger partial charge on any atom is -0.437 e. The predicted molar refractivity (Wildman–Crippen MR) is 77.7 cm³/mol. The molecule has 0 aliphatic carbocycles. The first kappa shape index (κ1) is 12.3. The lowest BCUT2D eigenvalue weighted by molar-refractivity contribution is 0.464. The molecule has 0 fully saturated rings. The minimum absolute atomic E-state index is 0.386. The van der Waals surface area contributed by atoms with Crippen molar-refractivity contribution in [2.75, 3.05) is 5.73 Å². The van der Waals surface area contributed by atoms with E-state index in [1.807, 2.05) is 37.3 Å². The molecule has 3 rings (SSSR count). The summed E-state index contributed by atoms with van der Waals surface area (Å²) in [5, 5.41) is 1.02. The Kier molecular flexibility index (Phi) is 2.95. The second kappa shape index (κ2) is 4.77. The first-order valence-corrected chi connectivity index (χ1v) is 6.27. The number of hydrogen-bond acceptors (Lipinski definition) is 5. The zero-order valence-electron chi connectivity index (χ0n) is 11.3. The highest BCUT2D eigenvalue weighted by atomic mass is 16.5. The number of aromatic nitrogens is 3. The molecule has 0 amide bonds. The summed E-state index contributed by atoms with van der Waals surface area (Å²) < 4.78 is 5.81. The van der Waals surface area contributed by atoms with Crippen LogP contribution in [0.2, 0.25) is 0 Å². The molecule has 2 heterocycles. The summed E-state index contributed by atoms with van der Waals surface area (Å²) in [5.41, 5.74) is 7.45. The number of nitrogen functional groups attached to an aromatic ring is 1. The van der Waals surface area contributed by atoms with Gasteiger partial charge in [0.25, 0.3) is 0 Å². The van der Waals surface area contributed by atoms with Crippen LogP contribution in [-0.4, -0.2) is 15.0 Å². The Balaban J connectivity index is 2.08.